The topological polar surface area (TPSA) is 67.4 Å². The maximum Gasteiger partial charge on any atom is 0.323 e. The maximum absolute atomic E-state index is 12.2. The summed E-state index contributed by atoms with van der Waals surface area (Å²) in [6, 6.07) is 9.94. The Morgan fingerprint density at radius 2 is 2.23 bits per heavy atom. The molecule has 22 heavy (non-hydrogen) atoms. The molecule has 1 unspecified atom stereocenters. The van der Waals surface area contributed by atoms with Crippen molar-refractivity contribution in [2.45, 2.75) is 19.4 Å². The van der Waals surface area contributed by atoms with E-state index >= 15 is 0 Å². The fourth-order valence-corrected chi connectivity index (χ4v) is 3.08. The first-order valence-corrected chi connectivity index (χ1v) is 8.06. The first kappa shape index (κ1) is 14.9. The van der Waals surface area contributed by atoms with Gasteiger partial charge in [0.05, 0.1) is 12.7 Å². The van der Waals surface area contributed by atoms with Crippen molar-refractivity contribution < 1.29 is 9.53 Å². The number of urea groups is 1. The van der Waals surface area contributed by atoms with Crippen LogP contribution in [-0.4, -0.2) is 46.9 Å². The number of aromatic nitrogens is 2. The Morgan fingerprint density at radius 1 is 1.41 bits per heavy atom. The number of ether oxygens (including phenoxy) is 1. The van der Waals surface area contributed by atoms with Gasteiger partial charge < -0.3 is 9.64 Å². The van der Waals surface area contributed by atoms with Crippen LogP contribution in [0.15, 0.2) is 30.3 Å². The fraction of sp³-hybridized carbons (Fsp3) is 0.400. The Balaban J connectivity index is 1.58. The van der Waals surface area contributed by atoms with E-state index < -0.39 is 0 Å². The minimum Gasteiger partial charge on any atom is -0.375 e. The second-order valence-corrected chi connectivity index (χ2v) is 6.28. The lowest BCUT2D eigenvalue weighted by atomic mass is 10.2. The molecule has 1 aromatic heterocycles. The number of hydrogen-bond acceptors (Lipinski definition) is 5. The molecule has 0 saturated carbocycles. The largest absolute Gasteiger partial charge is 0.375 e. The van der Waals surface area contributed by atoms with Crippen LogP contribution in [0.5, 0.6) is 0 Å². The van der Waals surface area contributed by atoms with E-state index in [4.69, 9.17) is 4.74 Å². The third kappa shape index (κ3) is 3.80. The molecule has 1 saturated heterocycles. The summed E-state index contributed by atoms with van der Waals surface area (Å²) in [6.45, 7) is 3.74. The highest BCUT2D eigenvalue weighted by atomic mass is 32.1. The van der Waals surface area contributed by atoms with Crippen LogP contribution < -0.4 is 5.32 Å². The monoisotopic (exact) mass is 318 g/mol. The minimum absolute atomic E-state index is 0.0718. The third-order valence-electron chi connectivity index (χ3n) is 3.41. The van der Waals surface area contributed by atoms with Crippen LogP contribution in [0.25, 0.3) is 0 Å². The first-order chi connectivity index (χ1) is 10.7. The summed E-state index contributed by atoms with van der Waals surface area (Å²) < 4.78 is 5.43. The number of rotatable bonds is 3. The van der Waals surface area contributed by atoms with E-state index in [0.29, 0.717) is 24.8 Å². The van der Waals surface area contributed by atoms with Crippen molar-refractivity contribution in [1.29, 1.82) is 0 Å². The van der Waals surface area contributed by atoms with Crippen molar-refractivity contribution in [3.8, 4) is 0 Å². The number of carbonyl (C=O) groups is 1. The van der Waals surface area contributed by atoms with Gasteiger partial charge in [0.1, 0.15) is 5.01 Å². The second-order valence-electron chi connectivity index (χ2n) is 5.22. The van der Waals surface area contributed by atoms with Gasteiger partial charge >= 0.3 is 6.03 Å². The molecule has 1 aliphatic heterocycles. The molecule has 2 amide bonds. The van der Waals surface area contributed by atoms with Gasteiger partial charge in [0, 0.05) is 19.5 Å². The summed E-state index contributed by atoms with van der Waals surface area (Å²) in [6.07, 6.45) is 0.797. The molecule has 1 N–H and O–H groups in total. The van der Waals surface area contributed by atoms with Crippen LogP contribution in [0, 0.1) is 0 Å². The predicted octanol–water partition coefficient (Wildman–Crippen LogP) is 2.38. The molecule has 1 aliphatic rings. The summed E-state index contributed by atoms with van der Waals surface area (Å²) >= 11 is 1.41. The molecule has 6 nitrogen and oxygen atoms in total. The Kier molecular flexibility index (Phi) is 4.65. The Morgan fingerprint density at radius 3 is 3.00 bits per heavy atom. The van der Waals surface area contributed by atoms with Crippen LogP contribution >= 0.6 is 11.3 Å². The number of carbonyl (C=O) groups excluding carboxylic acids is 1. The van der Waals surface area contributed by atoms with E-state index in [0.717, 1.165) is 11.4 Å². The van der Waals surface area contributed by atoms with Gasteiger partial charge in [-0.1, -0.05) is 41.7 Å². The van der Waals surface area contributed by atoms with Gasteiger partial charge in [0.25, 0.3) is 0 Å². The van der Waals surface area contributed by atoms with Gasteiger partial charge in [-0.3, -0.25) is 5.32 Å². The van der Waals surface area contributed by atoms with Gasteiger partial charge in [-0.25, -0.2) is 4.79 Å². The highest BCUT2D eigenvalue weighted by Gasteiger charge is 2.22. The summed E-state index contributed by atoms with van der Waals surface area (Å²) in [4.78, 5) is 13.9. The smallest absolute Gasteiger partial charge is 0.323 e. The molecule has 1 atom stereocenters. The van der Waals surface area contributed by atoms with Crippen LogP contribution in [0.2, 0.25) is 0 Å². The number of nitrogens with one attached hydrogen (secondary N) is 1. The molecule has 0 bridgehead atoms. The molecule has 0 aliphatic carbocycles. The zero-order chi connectivity index (χ0) is 15.4. The molecule has 116 valence electrons. The average molecular weight is 318 g/mol. The highest BCUT2D eigenvalue weighted by Crippen LogP contribution is 2.19. The fourth-order valence-electron chi connectivity index (χ4n) is 2.32. The van der Waals surface area contributed by atoms with Crippen molar-refractivity contribution in [3.05, 3.63) is 40.9 Å². The first-order valence-electron chi connectivity index (χ1n) is 7.24. The zero-order valence-electron chi connectivity index (χ0n) is 12.4. The predicted molar refractivity (Wildman–Crippen MR) is 85.2 cm³/mol. The van der Waals surface area contributed by atoms with Gasteiger partial charge in [-0.2, -0.15) is 0 Å². The van der Waals surface area contributed by atoms with Crippen LogP contribution in [0.1, 0.15) is 17.5 Å². The molecule has 2 aromatic rings. The van der Waals surface area contributed by atoms with Crippen molar-refractivity contribution >= 4 is 22.5 Å². The van der Waals surface area contributed by atoms with Crippen LogP contribution in [0.3, 0.4) is 0 Å². The molecule has 0 radical (unpaired) electrons. The average Bonchev–Trinajstić information content (AvgIpc) is 2.95. The lowest BCUT2D eigenvalue weighted by Crippen LogP contribution is -2.46. The van der Waals surface area contributed by atoms with Crippen LogP contribution in [-0.2, 0) is 11.2 Å². The van der Waals surface area contributed by atoms with E-state index in [9.17, 15) is 4.79 Å². The minimum atomic E-state index is -0.141. The lowest BCUT2D eigenvalue weighted by Gasteiger charge is -2.30. The van der Waals surface area contributed by atoms with Crippen molar-refractivity contribution in [2.75, 3.05) is 25.0 Å². The molecule has 2 heterocycles. The number of hydrogen-bond donors (Lipinski definition) is 1. The zero-order valence-corrected chi connectivity index (χ0v) is 13.2. The highest BCUT2D eigenvalue weighted by molar-refractivity contribution is 7.15. The quantitative estimate of drug-likeness (QED) is 0.943. The molecule has 0 spiro atoms. The molecule has 1 aromatic carbocycles. The lowest BCUT2D eigenvalue weighted by molar-refractivity contribution is -0.00138. The molecular weight excluding hydrogens is 300 g/mol. The number of morpholine rings is 1. The van der Waals surface area contributed by atoms with Gasteiger partial charge in [0.2, 0.25) is 5.13 Å². The summed E-state index contributed by atoms with van der Waals surface area (Å²) in [5.41, 5.74) is 1.18. The van der Waals surface area contributed by atoms with Crippen molar-refractivity contribution in [1.82, 2.24) is 15.1 Å². The van der Waals surface area contributed by atoms with Crippen molar-refractivity contribution in [2.24, 2.45) is 0 Å². The van der Waals surface area contributed by atoms with Crippen molar-refractivity contribution in [3.63, 3.8) is 0 Å². The normalized spacial score (nSPS) is 18.2. The summed E-state index contributed by atoms with van der Waals surface area (Å²) in [7, 11) is 0. The van der Waals surface area contributed by atoms with E-state index in [1.165, 1.54) is 16.9 Å². The van der Waals surface area contributed by atoms with Crippen LogP contribution in [0.4, 0.5) is 9.93 Å². The Bertz CT molecular complexity index is 631. The molecule has 1 fully saturated rings. The van der Waals surface area contributed by atoms with E-state index in [1.54, 1.807) is 4.90 Å². The SMILES string of the molecule is CC1CN(C(=O)Nc2nnc(Cc3ccccc3)s2)CCO1. The molecule has 7 heteroatoms. The van der Waals surface area contributed by atoms with E-state index in [1.807, 2.05) is 25.1 Å². The number of anilines is 1. The van der Waals surface area contributed by atoms with Gasteiger partial charge in [-0.15, -0.1) is 10.2 Å². The number of nitrogens with zero attached hydrogens (tertiary/aromatic N) is 3. The molecule has 3 rings (SSSR count). The third-order valence-corrected chi connectivity index (χ3v) is 4.25. The number of amides is 2. The standard InChI is InChI=1S/C15H18N4O2S/c1-11-10-19(7-8-21-11)15(20)16-14-18-17-13(22-14)9-12-5-3-2-4-6-12/h2-6,11H,7-10H2,1H3,(H,16,18,20). The maximum atomic E-state index is 12.2. The summed E-state index contributed by atoms with van der Waals surface area (Å²) in [5, 5.41) is 12.4. The Labute approximate surface area is 133 Å². The summed E-state index contributed by atoms with van der Waals surface area (Å²) in [5.74, 6) is 0. The second kappa shape index (κ2) is 6.85. The number of benzene rings is 1. The van der Waals surface area contributed by atoms with E-state index in [2.05, 4.69) is 27.6 Å². The molecular formula is C15H18N4O2S. The van der Waals surface area contributed by atoms with Gasteiger partial charge in [0.15, 0.2) is 0 Å². The van der Waals surface area contributed by atoms with Gasteiger partial charge in [-0.05, 0) is 12.5 Å². The van der Waals surface area contributed by atoms with E-state index in [-0.39, 0.29) is 12.1 Å². The Hall–Kier alpha value is -1.99.